The number of morpholine rings is 1. The Hall–Kier alpha value is -0.350. The molecule has 0 spiro atoms. The molecule has 0 amide bonds. The van der Waals surface area contributed by atoms with Crippen molar-refractivity contribution in [2.75, 3.05) is 19.0 Å². The molecule has 0 radical (unpaired) electrons. The van der Waals surface area contributed by atoms with Crippen molar-refractivity contribution in [1.82, 2.24) is 4.90 Å². The fourth-order valence-corrected chi connectivity index (χ4v) is 2.88. The molecule has 1 aromatic carbocycles. The average Bonchev–Trinajstić information content (AvgIpc) is 2.32. The Labute approximate surface area is 123 Å². The van der Waals surface area contributed by atoms with E-state index in [-0.39, 0.29) is 22.5 Å². The highest BCUT2D eigenvalue weighted by Crippen LogP contribution is 2.24. The van der Waals surface area contributed by atoms with Gasteiger partial charge < -0.3 is 4.74 Å². The first-order valence-corrected chi connectivity index (χ1v) is 7.21. The van der Waals surface area contributed by atoms with E-state index in [0.29, 0.717) is 5.88 Å². The number of alkyl halides is 1. The number of ether oxygens (including phenoxy) is 1. The number of hydrogen-bond donors (Lipinski definition) is 0. The zero-order chi connectivity index (χ0) is 14.0. The van der Waals surface area contributed by atoms with Crippen LogP contribution in [0.1, 0.15) is 19.4 Å². The second-order valence-electron chi connectivity index (χ2n) is 5.57. The molecule has 106 valence electrons. The van der Waals surface area contributed by atoms with E-state index in [2.05, 4.69) is 18.7 Å². The van der Waals surface area contributed by atoms with Crippen LogP contribution in [0.15, 0.2) is 18.2 Å². The van der Waals surface area contributed by atoms with Gasteiger partial charge in [0.2, 0.25) is 0 Å². The minimum Gasteiger partial charge on any atom is -0.368 e. The summed E-state index contributed by atoms with van der Waals surface area (Å²) in [6, 6.07) is 4.84. The summed E-state index contributed by atoms with van der Waals surface area (Å²) in [5.41, 5.74) is 0.777. The van der Waals surface area contributed by atoms with Crippen molar-refractivity contribution in [2.24, 2.45) is 0 Å². The summed E-state index contributed by atoms with van der Waals surface area (Å²) in [4.78, 5) is 2.26. The largest absolute Gasteiger partial charge is 0.368 e. The van der Waals surface area contributed by atoms with Crippen LogP contribution < -0.4 is 0 Å². The molecule has 1 unspecified atom stereocenters. The van der Waals surface area contributed by atoms with Crippen LogP contribution in [-0.2, 0) is 11.3 Å². The highest BCUT2D eigenvalue weighted by molar-refractivity contribution is 6.30. The Morgan fingerprint density at radius 1 is 1.47 bits per heavy atom. The maximum absolute atomic E-state index is 13.1. The predicted octanol–water partition coefficient (Wildman–Crippen LogP) is 3.70. The minimum absolute atomic E-state index is 0.0290. The van der Waals surface area contributed by atoms with Gasteiger partial charge in [-0.05, 0) is 31.5 Å². The summed E-state index contributed by atoms with van der Waals surface area (Å²) in [6.07, 6.45) is 0.0290. The third-order valence-electron chi connectivity index (χ3n) is 3.11. The van der Waals surface area contributed by atoms with E-state index >= 15 is 0 Å². The molecule has 0 aliphatic carbocycles. The fraction of sp³-hybridized carbons (Fsp3) is 0.571. The molecule has 0 aromatic heterocycles. The number of nitrogens with zero attached hydrogens (tertiary/aromatic N) is 1. The molecule has 1 aliphatic heterocycles. The lowest BCUT2D eigenvalue weighted by molar-refractivity contribution is -0.129. The lowest BCUT2D eigenvalue weighted by Crippen LogP contribution is -2.52. The van der Waals surface area contributed by atoms with E-state index < -0.39 is 0 Å². The van der Waals surface area contributed by atoms with Gasteiger partial charge in [-0.2, -0.15) is 0 Å². The molecule has 0 saturated carbocycles. The minimum atomic E-state index is -0.383. The Bertz CT molecular complexity index is 453. The van der Waals surface area contributed by atoms with Crippen molar-refractivity contribution < 1.29 is 9.13 Å². The van der Waals surface area contributed by atoms with Crippen molar-refractivity contribution in [3.8, 4) is 0 Å². The van der Waals surface area contributed by atoms with Crippen LogP contribution in [0.2, 0.25) is 5.02 Å². The van der Waals surface area contributed by atoms with Crippen LogP contribution in [0.3, 0.4) is 0 Å². The molecule has 5 heteroatoms. The molecule has 1 saturated heterocycles. The Balaban J connectivity index is 2.07. The first kappa shape index (κ1) is 15.0. The molecule has 19 heavy (non-hydrogen) atoms. The van der Waals surface area contributed by atoms with E-state index in [4.69, 9.17) is 27.9 Å². The van der Waals surface area contributed by atoms with Gasteiger partial charge in [-0.15, -0.1) is 11.6 Å². The highest BCUT2D eigenvalue weighted by atomic mass is 35.5. The topological polar surface area (TPSA) is 12.5 Å². The third kappa shape index (κ3) is 4.06. The van der Waals surface area contributed by atoms with Gasteiger partial charge in [0.1, 0.15) is 5.82 Å². The van der Waals surface area contributed by atoms with Gasteiger partial charge in [0.15, 0.2) is 0 Å². The molecular formula is C14H18Cl2FNO. The van der Waals surface area contributed by atoms with Gasteiger partial charge in [0, 0.05) is 25.5 Å². The van der Waals surface area contributed by atoms with Gasteiger partial charge in [-0.3, -0.25) is 4.90 Å². The maximum atomic E-state index is 13.1. The second kappa shape index (κ2) is 5.96. The van der Waals surface area contributed by atoms with Crippen LogP contribution in [-0.4, -0.2) is 35.6 Å². The van der Waals surface area contributed by atoms with E-state index in [0.717, 1.165) is 25.2 Å². The smallest absolute Gasteiger partial charge is 0.141 e. The summed E-state index contributed by atoms with van der Waals surface area (Å²) >= 11 is 11.7. The number of benzene rings is 1. The third-order valence-corrected chi connectivity index (χ3v) is 3.75. The van der Waals surface area contributed by atoms with Crippen LogP contribution in [0, 0.1) is 5.82 Å². The van der Waals surface area contributed by atoms with Gasteiger partial charge in [-0.1, -0.05) is 17.7 Å². The molecule has 1 aromatic rings. The van der Waals surface area contributed by atoms with E-state index in [9.17, 15) is 4.39 Å². The summed E-state index contributed by atoms with van der Waals surface area (Å²) in [5, 5.41) is 0.166. The maximum Gasteiger partial charge on any atom is 0.141 e. The molecule has 2 nitrogen and oxygen atoms in total. The van der Waals surface area contributed by atoms with Crippen LogP contribution in [0.25, 0.3) is 0 Å². The second-order valence-corrected chi connectivity index (χ2v) is 6.29. The first-order chi connectivity index (χ1) is 8.89. The van der Waals surface area contributed by atoms with E-state index in [1.807, 2.05) is 0 Å². The Kier molecular flexibility index (Phi) is 4.72. The highest BCUT2D eigenvalue weighted by Gasteiger charge is 2.32. The van der Waals surface area contributed by atoms with Gasteiger partial charge in [-0.25, -0.2) is 4.39 Å². The average molecular weight is 306 g/mol. The monoisotopic (exact) mass is 305 g/mol. The first-order valence-electron chi connectivity index (χ1n) is 6.30. The Morgan fingerprint density at radius 2 is 2.21 bits per heavy atom. The normalized spacial score (nSPS) is 23.5. The molecule has 1 fully saturated rings. The van der Waals surface area contributed by atoms with Crippen molar-refractivity contribution in [1.29, 1.82) is 0 Å². The van der Waals surface area contributed by atoms with E-state index in [1.54, 1.807) is 12.1 Å². The molecule has 1 heterocycles. The van der Waals surface area contributed by atoms with Crippen molar-refractivity contribution in [2.45, 2.75) is 32.1 Å². The summed E-state index contributed by atoms with van der Waals surface area (Å²) in [7, 11) is 0. The summed E-state index contributed by atoms with van der Waals surface area (Å²) in [6.45, 7) is 6.42. The molecule has 0 bridgehead atoms. The quantitative estimate of drug-likeness (QED) is 0.790. The van der Waals surface area contributed by atoms with Crippen molar-refractivity contribution >= 4 is 23.2 Å². The van der Waals surface area contributed by atoms with Crippen LogP contribution in [0.4, 0.5) is 4.39 Å². The molecule has 1 atom stereocenters. The van der Waals surface area contributed by atoms with Crippen LogP contribution in [0.5, 0.6) is 0 Å². The number of hydrogen-bond acceptors (Lipinski definition) is 2. The summed E-state index contributed by atoms with van der Waals surface area (Å²) < 4.78 is 19.0. The Morgan fingerprint density at radius 3 is 2.84 bits per heavy atom. The lowest BCUT2D eigenvalue weighted by Gasteiger charge is -2.42. The van der Waals surface area contributed by atoms with E-state index in [1.165, 1.54) is 6.07 Å². The van der Waals surface area contributed by atoms with Crippen molar-refractivity contribution in [3.63, 3.8) is 0 Å². The molecule has 2 rings (SSSR count). The molecular weight excluding hydrogens is 288 g/mol. The number of halogens is 3. The predicted molar refractivity (Wildman–Crippen MR) is 76.4 cm³/mol. The zero-order valence-electron chi connectivity index (χ0n) is 11.1. The summed E-state index contributed by atoms with van der Waals surface area (Å²) in [5.74, 6) is 0.0933. The fourth-order valence-electron chi connectivity index (χ4n) is 2.51. The standard InChI is InChI=1S/C14H18Cl2FNO/c1-14(2)9-18(8-11(6-15)19-14)7-10-3-4-13(17)12(16)5-10/h3-5,11H,6-9H2,1-2H3. The molecule has 0 N–H and O–H groups in total. The lowest BCUT2D eigenvalue weighted by atomic mass is 10.0. The van der Waals surface area contributed by atoms with Crippen LogP contribution >= 0.6 is 23.2 Å². The SMILES string of the molecule is CC1(C)CN(Cc2ccc(F)c(Cl)c2)CC(CCl)O1. The zero-order valence-corrected chi connectivity index (χ0v) is 12.6. The van der Waals surface area contributed by atoms with Crippen molar-refractivity contribution in [3.05, 3.63) is 34.6 Å². The van der Waals surface area contributed by atoms with Gasteiger partial charge in [0.25, 0.3) is 0 Å². The number of rotatable bonds is 3. The van der Waals surface area contributed by atoms with Gasteiger partial charge in [0.05, 0.1) is 16.7 Å². The molecule has 1 aliphatic rings. The van der Waals surface area contributed by atoms with Gasteiger partial charge >= 0.3 is 0 Å².